The average molecular weight is 221 g/mol. The van der Waals surface area contributed by atoms with Gasteiger partial charge in [0.25, 0.3) is 0 Å². The molecule has 0 unspecified atom stereocenters. The van der Waals surface area contributed by atoms with Gasteiger partial charge in [-0.1, -0.05) is 13.3 Å². The molecule has 0 saturated carbocycles. The van der Waals surface area contributed by atoms with Crippen LogP contribution >= 0.6 is 0 Å². The summed E-state index contributed by atoms with van der Waals surface area (Å²) in [5.74, 6) is -1.23. The van der Waals surface area contributed by atoms with Crippen molar-refractivity contribution in [2.45, 2.75) is 25.7 Å². The molecule has 4 heteroatoms. The molecule has 0 bridgehead atoms. The van der Waals surface area contributed by atoms with Crippen LogP contribution in [0.15, 0.2) is 12.3 Å². The van der Waals surface area contributed by atoms with Crippen molar-refractivity contribution in [3.05, 3.63) is 23.5 Å². The first-order chi connectivity index (χ1) is 7.70. The average Bonchev–Trinajstić information content (AvgIpc) is 2.83. The Labute approximate surface area is 94.0 Å². The molecule has 0 aromatic carbocycles. The summed E-state index contributed by atoms with van der Waals surface area (Å²) < 4.78 is 4.71. The number of nitrogens with one attached hydrogen (secondary N) is 1. The summed E-state index contributed by atoms with van der Waals surface area (Å²) in [5, 5.41) is 0. The van der Waals surface area contributed by atoms with Crippen molar-refractivity contribution in [3.63, 3.8) is 0 Å². The number of ether oxygens (including phenoxy) is 1. The number of fused-ring (bicyclic) bond motifs is 1. The van der Waals surface area contributed by atoms with E-state index in [1.807, 2.05) is 13.0 Å². The van der Waals surface area contributed by atoms with Crippen LogP contribution < -0.4 is 0 Å². The van der Waals surface area contributed by atoms with Crippen molar-refractivity contribution in [1.29, 1.82) is 0 Å². The van der Waals surface area contributed by atoms with Crippen LogP contribution in [-0.2, 0) is 9.53 Å². The Morgan fingerprint density at radius 3 is 2.94 bits per heavy atom. The van der Waals surface area contributed by atoms with Gasteiger partial charge in [0.15, 0.2) is 5.78 Å². The van der Waals surface area contributed by atoms with E-state index >= 15 is 0 Å². The summed E-state index contributed by atoms with van der Waals surface area (Å²) in [7, 11) is 1.32. The molecular formula is C12H15NO3. The second kappa shape index (κ2) is 4.12. The number of hydrogen-bond donors (Lipinski definition) is 1. The number of carbonyl (C=O) groups excluding carboxylic acids is 2. The maximum Gasteiger partial charge on any atom is 0.317 e. The van der Waals surface area contributed by atoms with Crippen molar-refractivity contribution in [2.75, 3.05) is 7.11 Å². The summed E-state index contributed by atoms with van der Waals surface area (Å²) in [6, 6.07) is 1.89. The highest BCUT2D eigenvalue weighted by molar-refractivity contribution is 6.12. The van der Waals surface area contributed by atoms with Crippen LogP contribution in [0.3, 0.4) is 0 Å². The molecule has 1 aliphatic rings. The Hall–Kier alpha value is -1.58. The third-order valence-corrected chi connectivity index (χ3v) is 3.16. The van der Waals surface area contributed by atoms with E-state index in [1.165, 1.54) is 7.11 Å². The van der Waals surface area contributed by atoms with Gasteiger partial charge in [0.1, 0.15) is 5.92 Å². The molecule has 1 aliphatic carbocycles. The molecule has 0 radical (unpaired) electrons. The molecule has 2 rings (SSSR count). The number of Topliss-reactive ketones (excluding diaryl/α,β-unsaturated/α-hetero) is 1. The van der Waals surface area contributed by atoms with Crippen LogP contribution in [0.4, 0.5) is 0 Å². The predicted octanol–water partition coefficient (Wildman–Crippen LogP) is 1.88. The standard InChI is InChI=1S/C12H15NO3/c1-3-4-7-8-5-6-13-10(8)11(14)9(7)12(15)16-2/h5-7,9,13H,3-4H2,1-2H3/t7-,9+/m0/s1. The number of rotatable bonds is 3. The fourth-order valence-corrected chi connectivity index (χ4v) is 2.45. The second-order valence-electron chi connectivity index (χ2n) is 4.07. The third-order valence-electron chi connectivity index (χ3n) is 3.16. The molecule has 1 heterocycles. The van der Waals surface area contributed by atoms with E-state index in [2.05, 4.69) is 4.98 Å². The van der Waals surface area contributed by atoms with Gasteiger partial charge in [-0.25, -0.2) is 0 Å². The maximum atomic E-state index is 12.0. The van der Waals surface area contributed by atoms with Crippen molar-refractivity contribution in [2.24, 2.45) is 5.92 Å². The highest BCUT2D eigenvalue weighted by atomic mass is 16.5. The third kappa shape index (κ3) is 1.45. The largest absolute Gasteiger partial charge is 0.468 e. The monoisotopic (exact) mass is 221 g/mol. The van der Waals surface area contributed by atoms with Gasteiger partial charge in [0, 0.05) is 12.1 Å². The Kier molecular flexibility index (Phi) is 2.81. The van der Waals surface area contributed by atoms with Gasteiger partial charge in [-0.2, -0.15) is 0 Å². The van der Waals surface area contributed by atoms with Gasteiger partial charge in [-0.05, 0) is 18.1 Å². The van der Waals surface area contributed by atoms with E-state index in [1.54, 1.807) is 6.20 Å². The number of ketones is 1. The number of hydrogen-bond acceptors (Lipinski definition) is 3. The van der Waals surface area contributed by atoms with E-state index < -0.39 is 11.9 Å². The lowest BCUT2D eigenvalue weighted by Crippen LogP contribution is -2.25. The highest BCUT2D eigenvalue weighted by Gasteiger charge is 2.45. The summed E-state index contributed by atoms with van der Waals surface area (Å²) in [6.07, 6.45) is 3.52. The van der Waals surface area contributed by atoms with Crippen LogP contribution in [0.25, 0.3) is 0 Å². The number of carbonyl (C=O) groups is 2. The summed E-state index contributed by atoms with van der Waals surface area (Å²) in [6.45, 7) is 2.05. The molecule has 0 fully saturated rings. The molecular weight excluding hydrogens is 206 g/mol. The lowest BCUT2D eigenvalue weighted by molar-refractivity contribution is -0.144. The number of aromatic nitrogens is 1. The van der Waals surface area contributed by atoms with Gasteiger partial charge >= 0.3 is 5.97 Å². The molecule has 4 nitrogen and oxygen atoms in total. The van der Waals surface area contributed by atoms with Crippen LogP contribution in [0.5, 0.6) is 0 Å². The lowest BCUT2D eigenvalue weighted by Gasteiger charge is -2.15. The van der Waals surface area contributed by atoms with Crippen LogP contribution in [0, 0.1) is 5.92 Å². The highest BCUT2D eigenvalue weighted by Crippen LogP contribution is 2.40. The Morgan fingerprint density at radius 2 is 2.31 bits per heavy atom. The molecule has 16 heavy (non-hydrogen) atoms. The van der Waals surface area contributed by atoms with Gasteiger partial charge < -0.3 is 9.72 Å². The number of aromatic amines is 1. The molecule has 2 atom stereocenters. The second-order valence-corrected chi connectivity index (χ2v) is 4.07. The lowest BCUT2D eigenvalue weighted by atomic mass is 9.88. The van der Waals surface area contributed by atoms with Gasteiger partial charge in [-0.3, -0.25) is 9.59 Å². The summed E-state index contributed by atoms with van der Waals surface area (Å²) in [4.78, 5) is 26.5. The first-order valence-corrected chi connectivity index (χ1v) is 5.50. The maximum absolute atomic E-state index is 12.0. The smallest absolute Gasteiger partial charge is 0.317 e. The molecule has 0 spiro atoms. The molecule has 1 N–H and O–H groups in total. The fraction of sp³-hybridized carbons (Fsp3) is 0.500. The zero-order valence-electron chi connectivity index (χ0n) is 9.45. The molecule has 0 saturated heterocycles. The van der Waals surface area contributed by atoms with Gasteiger partial charge in [0.05, 0.1) is 12.8 Å². The number of esters is 1. The van der Waals surface area contributed by atoms with E-state index in [4.69, 9.17) is 4.74 Å². The Balaban J connectivity index is 2.37. The van der Waals surface area contributed by atoms with Gasteiger partial charge in [-0.15, -0.1) is 0 Å². The normalized spacial score (nSPS) is 23.2. The van der Waals surface area contributed by atoms with E-state index in [0.29, 0.717) is 5.69 Å². The van der Waals surface area contributed by atoms with Crippen LogP contribution in [0.2, 0.25) is 0 Å². The molecule has 0 aliphatic heterocycles. The van der Waals surface area contributed by atoms with Crippen molar-refractivity contribution >= 4 is 11.8 Å². The van der Waals surface area contributed by atoms with Crippen LogP contribution in [-0.4, -0.2) is 23.8 Å². The minimum absolute atomic E-state index is 0.0220. The number of methoxy groups -OCH3 is 1. The zero-order valence-corrected chi connectivity index (χ0v) is 9.45. The first-order valence-electron chi connectivity index (χ1n) is 5.50. The SMILES string of the molecule is CCC[C@H]1c2cc[nH]c2C(=O)[C@@H]1C(=O)OC. The predicted molar refractivity (Wildman–Crippen MR) is 58.3 cm³/mol. The summed E-state index contributed by atoms with van der Waals surface area (Å²) in [5.41, 5.74) is 1.54. The Bertz CT molecular complexity index is 422. The topological polar surface area (TPSA) is 59.2 Å². The quantitative estimate of drug-likeness (QED) is 0.626. The van der Waals surface area contributed by atoms with Crippen molar-refractivity contribution in [1.82, 2.24) is 4.98 Å². The zero-order chi connectivity index (χ0) is 11.7. The van der Waals surface area contributed by atoms with Crippen molar-refractivity contribution < 1.29 is 14.3 Å². The molecule has 1 aromatic heterocycles. The Morgan fingerprint density at radius 1 is 1.56 bits per heavy atom. The van der Waals surface area contributed by atoms with Gasteiger partial charge in [0.2, 0.25) is 0 Å². The fourth-order valence-electron chi connectivity index (χ4n) is 2.45. The summed E-state index contributed by atoms with van der Waals surface area (Å²) >= 11 is 0. The molecule has 0 amide bonds. The van der Waals surface area contributed by atoms with Crippen molar-refractivity contribution in [3.8, 4) is 0 Å². The van der Waals surface area contributed by atoms with E-state index in [9.17, 15) is 9.59 Å². The number of H-pyrrole nitrogens is 1. The van der Waals surface area contributed by atoms with E-state index in [0.717, 1.165) is 18.4 Å². The van der Waals surface area contributed by atoms with E-state index in [-0.39, 0.29) is 11.7 Å². The minimum atomic E-state index is -0.646. The first kappa shape index (κ1) is 10.9. The molecule has 1 aromatic rings. The van der Waals surface area contributed by atoms with Crippen LogP contribution in [0.1, 0.15) is 41.7 Å². The molecule has 86 valence electrons. The minimum Gasteiger partial charge on any atom is -0.468 e.